The number of para-hydroxylation sites is 6. The molecule has 2 unspecified atom stereocenters. The van der Waals surface area contributed by atoms with Crippen molar-refractivity contribution in [3.63, 3.8) is 0 Å². The van der Waals surface area contributed by atoms with Gasteiger partial charge in [0, 0.05) is 66.5 Å². The number of aromatic nitrogens is 2. The van der Waals surface area contributed by atoms with Crippen molar-refractivity contribution in [3.8, 4) is 0 Å². The van der Waals surface area contributed by atoms with Crippen molar-refractivity contribution in [1.82, 2.24) is 8.80 Å². The molecule has 3 aliphatic rings. The lowest BCUT2D eigenvalue weighted by molar-refractivity contribution is 0.377. The van der Waals surface area contributed by atoms with Gasteiger partial charge >= 0.3 is 0 Å². The summed E-state index contributed by atoms with van der Waals surface area (Å²) in [6, 6.07) is 65.3. The maximum absolute atomic E-state index is 2.81. The Morgan fingerprint density at radius 3 is 1.22 bits per heavy atom. The Balaban J connectivity index is 1.14. The van der Waals surface area contributed by atoms with E-state index in [1.165, 1.54) is 116 Å². The molecular weight excluding hydrogens is 715 g/mol. The third kappa shape index (κ3) is 3.66. The summed E-state index contributed by atoms with van der Waals surface area (Å²) in [5, 5.41) is 10.7. The highest BCUT2D eigenvalue weighted by atomic mass is 15.2. The van der Waals surface area contributed by atoms with Gasteiger partial charge in [0.1, 0.15) is 0 Å². The summed E-state index contributed by atoms with van der Waals surface area (Å²) in [5.74, 6) is 0.371. The van der Waals surface area contributed by atoms with Crippen LogP contribution in [0.25, 0.3) is 76.2 Å². The normalized spacial score (nSPS) is 19.1. The van der Waals surface area contributed by atoms with Crippen LogP contribution >= 0.6 is 0 Å². The molecule has 0 radical (unpaired) electrons. The maximum Gasteiger partial charge on any atom is 0.222 e. The molecule has 4 aromatic heterocycles. The number of rotatable bonds is 2. The number of anilines is 4. The zero-order valence-electron chi connectivity index (χ0n) is 32.4. The standard InChI is InChI=1S/C54H37BN4/c1-3-14-32(15-4-1)56-46-26-13-27-47-48(46)55(42-30-28-40-38-22-11-20-36-34-18-7-9-24-44(34)58(49(36)38)51(40)53(42)56)43-31-29-41-39-23-12-21-37-35-19-8-10-25-45(35)59(50(37)39)52(41)54(43)57(47)33-16-5-2-6-17-33/h1-12,14-25,28-31,46-48H,13,26-27H2. The van der Waals surface area contributed by atoms with Crippen LogP contribution in [0, 0.1) is 0 Å². The van der Waals surface area contributed by atoms with Gasteiger partial charge < -0.3 is 18.6 Å². The summed E-state index contributed by atoms with van der Waals surface area (Å²) in [6.07, 6.45) is 3.48. The van der Waals surface area contributed by atoms with Crippen molar-refractivity contribution in [3.05, 3.63) is 170 Å². The van der Waals surface area contributed by atoms with Gasteiger partial charge in [0.05, 0.1) is 44.5 Å². The van der Waals surface area contributed by atoms with Crippen molar-refractivity contribution in [2.75, 3.05) is 9.80 Å². The van der Waals surface area contributed by atoms with Gasteiger partial charge in [-0.15, -0.1) is 0 Å². The monoisotopic (exact) mass is 752 g/mol. The fraction of sp³-hybridized carbons (Fsp3) is 0.111. The Hall–Kier alpha value is -6.98. The highest BCUT2D eigenvalue weighted by molar-refractivity contribution is 6.90. The van der Waals surface area contributed by atoms with Gasteiger partial charge in [0.25, 0.3) is 0 Å². The van der Waals surface area contributed by atoms with E-state index in [9.17, 15) is 0 Å². The molecule has 1 aliphatic carbocycles. The zero-order chi connectivity index (χ0) is 38.1. The number of fused-ring (bicyclic) bond motifs is 18. The quantitative estimate of drug-likeness (QED) is 0.163. The van der Waals surface area contributed by atoms with Crippen LogP contribution in [0.5, 0.6) is 0 Å². The molecule has 6 heterocycles. The van der Waals surface area contributed by atoms with Gasteiger partial charge in [0.2, 0.25) is 6.71 Å². The molecule has 4 nitrogen and oxygen atoms in total. The fourth-order valence-corrected chi connectivity index (χ4v) is 13.0. The van der Waals surface area contributed by atoms with Crippen LogP contribution < -0.4 is 20.7 Å². The first-order valence-electron chi connectivity index (χ1n) is 21.4. The topological polar surface area (TPSA) is 15.3 Å². The van der Waals surface area contributed by atoms with E-state index >= 15 is 0 Å². The minimum atomic E-state index is 0.216. The third-order valence-electron chi connectivity index (χ3n) is 14.9. The van der Waals surface area contributed by atoms with E-state index in [1.807, 2.05) is 0 Å². The van der Waals surface area contributed by atoms with E-state index in [0.29, 0.717) is 17.9 Å². The first kappa shape index (κ1) is 31.1. The van der Waals surface area contributed by atoms with Crippen molar-refractivity contribution in [1.29, 1.82) is 0 Å². The molecule has 1 saturated carbocycles. The van der Waals surface area contributed by atoms with Crippen molar-refractivity contribution < 1.29 is 0 Å². The Morgan fingerprint density at radius 2 is 0.746 bits per heavy atom. The van der Waals surface area contributed by atoms with Crippen LogP contribution in [-0.4, -0.2) is 27.6 Å². The Kier molecular flexibility index (Phi) is 5.76. The summed E-state index contributed by atoms with van der Waals surface area (Å²) in [6.45, 7) is 0.216. The Morgan fingerprint density at radius 1 is 0.356 bits per heavy atom. The van der Waals surface area contributed by atoms with E-state index in [0.717, 1.165) is 12.8 Å². The van der Waals surface area contributed by atoms with Gasteiger partial charge in [-0.05, 0) is 72.4 Å². The molecule has 1 fully saturated rings. The number of nitrogens with zero attached hydrogens (tertiary/aromatic N) is 4. The van der Waals surface area contributed by atoms with E-state index in [4.69, 9.17) is 0 Å². The number of hydrogen-bond acceptors (Lipinski definition) is 2. The van der Waals surface area contributed by atoms with Crippen LogP contribution in [0.4, 0.5) is 22.7 Å². The zero-order valence-corrected chi connectivity index (χ0v) is 32.4. The average Bonchev–Trinajstić information content (AvgIpc) is 4.03. The molecule has 8 aromatic carbocycles. The lowest BCUT2D eigenvalue weighted by Gasteiger charge is -2.57. The summed E-state index contributed by atoms with van der Waals surface area (Å²) in [4.78, 5) is 5.63. The van der Waals surface area contributed by atoms with Gasteiger partial charge in [-0.1, -0.05) is 133 Å². The average molecular weight is 753 g/mol. The largest absolute Gasteiger partial charge is 0.337 e. The number of benzene rings is 8. The fourth-order valence-electron chi connectivity index (χ4n) is 13.0. The minimum Gasteiger partial charge on any atom is -0.337 e. The van der Waals surface area contributed by atoms with Crippen molar-refractivity contribution in [2.24, 2.45) is 0 Å². The molecule has 12 aromatic rings. The molecular formula is C54H37BN4. The van der Waals surface area contributed by atoms with Crippen LogP contribution in [-0.2, 0) is 0 Å². The lowest BCUT2D eigenvalue weighted by atomic mass is 9.27. The molecule has 0 saturated heterocycles. The number of hydrogen-bond donors (Lipinski definition) is 0. The first-order chi connectivity index (χ1) is 29.3. The predicted octanol–water partition coefficient (Wildman–Crippen LogP) is 12.2. The van der Waals surface area contributed by atoms with Crippen LogP contribution in [0.3, 0.4) is 0 Å². The summed E-state index contributed by atoms with van der Waals surface area (Å²) >= 11 is 0. The van der Waals surface area contributed by atoms with Gasteiger partial charge in [-0.2, -0.15) is 0 Å². The molecule has 0 spiro atoms. The summed E-state index contributed by atoms with van der Waals surface area (Å²) in [5.41, 5.74) is 16.2. The molecule has 5 heteroatoms. The van der Waals surface area contributed by atoms with Crippen LogP contribution in [0.1, 0.15) is 19.3 Å². The second-order valence-corrected chi connectivity index (χ2v) is 17.4. The molecule has 276 valence electrons. The molecule has 59 heavy (non-hydrogen) atoms. The minimum absolute atomic E-state index is 0.216. The Labute approximate surface area is 340 Å². The van der Waals surface area contributed by atoms with Crippen molar-refractivity contribution in [2.45, 2.75) is 37.2 Å². The lowest BCUT2D eigenvalue weighted by Crippen LogP contribution is -2.68. The maximum atomic E-state index is 2.81. The van der Waals surface area contributed by atoms with Crippen molar-refractivity contribution >= 4 is 117 Å². The van der Waals surface area contributed by atoms with E-state index in [1.54, 1.807) is 0 Å². The van der Waals surface area contributed by atoms with E-state index < -0.39 is 0 Å². The summed E-state index contributed by atoms with van der Waals surface area (Å²) in [7, 11) is 0. The third-order valence-corrected chi connectivity index (χ3v) is 14.9. The molecule has 2 aliphatic heterocycles. The second-order valence-electron chi connectivity index (χ2n) is 17.4. The molecule has 15 rings (SSSR count). The second kappa shape index (κ2) is 10.9. The Bertz CT molecular complexity index is 3460. The SMILES string of the molecule is c1ccc(N2c3c(ccc4c5cccc6c7ccccc7n(c34)c65)B3c4ccc5c6cccc7c8ccccc8n(c5c4N(c4ccccc4)C4CCCC2C34)c76)cc1. The highest BCUT2D eigenvalue weighted by Crippen LogP contribution is 2.55. The summed E-state index contributed by atoms with van der Waals surface area (Å²) < 4.78 is 5.26. The smallest absolute Gasteiger partial charge is 0.222 e. The van der Waals surface area contributed by atoms with Gasteiger partial charge in [0.15, 0.2) is 0 Å². The molecule has 0 amide bonds. The predicted molar refractivity (Wildman–Crippen MR) is 250 cm³/mol. The van der Waals surface area contributed by atoms with Gasteiger partial charge in [-0.25, -0.2) is 0 Å². The first-order valence-corrected chi connectivity index (χ1v) is 21.4. The van der Waals surface area contributed by atoms with E-state index in [-0.39, 0.29) is 6.71 Å². The van der Waals surface area contributed by atoms with Crippen LogP contribution in [0.15, 0.2) is 170 Å². The molecule has 0 bridgehead atoms. The molecule has 0 N–H and O–H groups in total. The van der Waals surface area contributed by atoms with Crippen LogP contribution in [0.2, 0.25) is 5.82 Å². The van der Waals surface area contributed by atoms with E-state index in [2.05, 4.69) is 188 Å². The molecule has 2 atom stereocenters. The van der Waals surface area contributed by atoms with Gasteiger partial charge in [-0.3, -0.25) is 0 Å². The highest BCUT2D eigenvalue weighted by Gasteiger charge is 2.56.